The standard InChI is InChI=1S/C14H19N3O3/c1-4-14-16-13(17-20-14)9-19-12-7-11(18-3)6-5-10(12)8-15-2/h5-7,15H,4,8-9H2,1-3H3. The van der Waals surface area contributed by atoms with E-state index in [2.05, 4.69) is 15.5 Å². The maximum absolute atomic E-state index is 5.77. The van der Waals surface area contributed by atoms with Gasteiger partial charge in [-0.25, -0.2) is 0 Å². The van der Waals surface area contributed by atoms with Crippen LogP contribution in [0, 0.1) is 0 Å². The Morgan fingerprint density at radius 2 is 2.20 bits per heavy atom. The SMILES string of the molecule is CCc1nc(COc2cc(OC)ccc2CNC)no1. The van der Waals surface area contributed by atoms with Gasteiger partial charge in [-0.2, -0.15) is 4.98 Å². The summed E-state index contributed by atoms with van der Waals surface area (Å²) < 4.78 is 16.0. The van der Waals surface area contributed by atoms with E-state index in [0.717, 1.165) is 23.5 Å². The topological polar surface area (TPSA) is 69.4 Å². The molecule has 0 bridgehead atoms. The second-order valence-electron chi connectivity index (χ2n) is 4.25. The molecule has 0 aliphatic carbocycles. The van der Waals surface area contributed by atoms with Gasteiger partial charge in [0.2, 0.25) is 11.7 Å². The third-order valence-electron chi connectivity index (χ3n) is 2.81. The Kier molecular flexibility index (Phi) is 4.95. The molecule has 1 heterocycles. The maximum Gasteiger partial charge on any atom is 0.226 e. The first-order chi connectivity index (χ1) is 9.76. The van der Waals surface area contributed by atoms with Crippen LogP contribution in [0.4, 0.5) is 0 Å². The van der Waals surface area contributed by atoms with Crippen molar-refractivity contribution in [3.05, 3.63) is 35.5 Å². The van der Waals surface area contributed by atoms with Gasteiger partial charge in [0, 0.05) is 24.6 Å². The van der Waals surface area contributed by atoms with Gasteiger partial charge in [-0.05, 0) is 13.1 Å². The molecule has 0 amide bonds. The van der Waals surface area contributed by atoms with Gasteiger partial charge in [0.05, 0.1) is 7.11 Å². The lowest BCUT2D eigenvalue weighted by atomic mass is 10.2. The molecular formula is C14H19N3O3. The zero-order chi connectivity index (χ0) is 14.4. The number of nitrogens with one attached hydrogen (secondary N) is 1. The van der Waals surface area contributed by atoms with Gasteiger partial charge in [0.1, 0.15) is 11.5 Å². The first kappa shape index (κ1) is 14.3. The Morgan fingerprint density at radius 1 is 1.35 bits per heavy atom. The van der Waals surface area contributed by atoms with E-state index in [1.54, 1.807) is 7.11 Å². The predicted molar refractivity (Wildman–Crippen MR) is 73.8 cm³/mol. The molecule has 6 nitrogen and oxygen atoms in total. The van der Waals surface area contributed by atoms with Gasteiger partial charge < -0.3 is 19.3 Å². The molecule has 0 radical (unpaired) electrons. The summed E-state index contributed by atoms with van der Waals surface area (Å²) in [6.45, 7) is 2.95. The van der Waals surface area contributed by atoms with Crippen molar-refractivity contribution < 1.29 is 14.0 Å². The van der Waals surface area contributed by atoms with Gasteiger partial charge in [0.15, 0.2) is 6.61 Å². The summed E-state index contributed by atoms with van der Waals surface area (Å²) in [5, 5.41) is 6.97. The molecule has 1 aromatic carbocycles. The van der Waals surface area contributed by atoms with Crippen LogP contribution in [0.25, 0.3) is 0 Å². The Labute approximate surface area is 118 Å². The minimum atomic E-state index is 0.271. The third kappa shape index (κ3) is 3.48. The lowest BCUT2D eigenvalue weighted by Gasteiger charge is -2.11. The number of hydrogen-bond donors (Lipinski definition) is 1. The van der Waals surface area contributed by atoms with Crippen molar-refractivity contribution in [1.82, 2.24) is 15.5 Å². The summed E-state index contributed by atoms with van der Waals surface area (Å²) in [5.74, 6) is 2.66. The zero-order valence-electron chi connectivity index (χ0n) is 12.0. The molecule has 2 rings (SSSR count). The first-order valence-electron chi connectivity index (χ1n) is 6.52. The maximum atomic E-state index is 5.77. The molecule has 2 aromatic rings. The summed E-state index contributed by atoms with van der Waals surface area (Å²) in [6, 6.07) is 5.73. The fraction of sp³-hybridized carbons (Fsp3) is 0.429. The summed E-state index contributed by atoms with van der Waals surface area (Å²) >= 11 is 0. The van der Waals surface area contributed by atoms with Crippen LogP contribution in [0.2, 0.25) is 0 Å². The van der Waals surface area contributed by atoms with Crippen molar-refractivity contribution in [2.45, 2.75) is 26.5 Å². The van der Waals surface area contributed by atoms with E-state index in [-0.39, 0.29) is 6.61 Å². The molecule has 20 heavy (non-hydrogen) atoms. The van der Waals surface area contributed by atoms with Crippen LogP contribution < -0.4 is 14.8 Å². The fourth-order valence-electron chi connectivity index (χ4n) is 1.77. The molecular weight excluding hydrogens is 258 g/mol. The highest BCUT2D eigenvalue weighted by Gasteiger charge is 2.09. The number of hydrogen-bond acceptors (Lipinski definition) is 6. The minimum Gasteiger partial charge on any atom is -0.497 e. The Bertz CT molecular complexity index is 554. The second kappa shape index (κ2) is 6.91. The molecule has 1 N–H and O–H groups in total. The molecule has 0 fully saturated rings. The monoisotopic (exact) mass is 277 g/mol. The molecule has 0 aliphatic heterocycles. The molecule has 0 atom stereocenters. The van der Waals surface area contributed by atoms with Crippen LogP contribution in [0.15, 0.2) is 22.7 Å². The van der Waals surface area contributed by atoms with E-state index in [4.69, 9.17) is 14.0 Å². The number of nitrogens with zero attached hydrogens (tertiary/aromatic N) is 2. The van der Waals surface area contributed by atoms with E-state index >= 15 is 0 Å². The van der Waals surface area contributed by atoms with Crippen molar-refractivity contribution in [3.8, 4) is 11.5 Å². The average molecular weight is 277 g/mol. The summed E-state index contributed by atoms with van der Waals surface area (Å²) in [4.78, 5) is 4.21. The second-order valence-corrected chi connectivity index (χ2v) is 4.25. The summed E-state index contributed by atoms with van der Waals surface area (Å²) in [5.41, 5.74) is 1.05. The van der Waals surface area contributed by atoms with E-state index in [1.165, 1.54) is 0 Å². The number of aryl methyl sites for hydroxylation is 1. The Hall–Kier alpha value is -2.08. The number of benzene rings is 1. The largest absolute Gasteiger partial charge is 0.497 e. The molecule has 0 unspecified atom stereocenters. The predicted octanol–water partition coefficient (Wildman–Crippen LogP) is 1.94. The Morgan fingerprint density at radius 3 is 2.85 bits per heavy atom. The third-order valence-corrected chi connectivity index (χ3v) is 2.81. The van der Waals surface area contributed by atoms with Crippen LogP contribution in [0.1, 0.15) is 24.2 Å². The number of aromatic nitrogens is 2. The van der Waals surface area contributed by atoms with Gasteiger partial charge in [-0.15, -0.1) is 0 Å². The molecule has 6 heteroatoms. The van der Waals surface area contributed by atoms with Crippen LogP contribution in [-0.4, -0.2) is 24.3 Å². The van der Waals surface area contributed by atoms with Crippen molar-refractivity contribution >= 4 is 0 Å². The van der Waals surface area contributed by atoms with Gasteiger partial charge in [-0.3, -0.25) is 0 Å². The van der Waals surface area contributed by atoms with Crippen LogP contribution in [0.3, 0.4) is 0 Å². The summed E-state index contributed by atoms with van der Waals surface area (Å²) in [6.07, 6.45) is 0.719. The lowest BCUT2D eigenvalue weighted by molar-refractivity contribution is 0.280. The quantitative estimate of drug-likeness (QED) is 0.834. The Balaban J connectivity index is 2.09. The molecule has 0 saturated carbocycles. The number of ether oxygens (including phenoxy) is 2. The average Bonchev–Trinajstić information content (AvgIpc) is 2.94. The van der Waals surface area contributed by atoms with E-state index in [0.29, 0.717) is 18.3 Å². The highest BCUT2D eigenvalue weighted by molar-refractivity contribution is 5.40. The van der Waals surface area contributed by atoms with Crippen LogP contribution in [-0.2, 0) is 19.6 Å². The molecule has 0 aliphatic rings. The van der Waals surface area contributed by atoms with Gasteiger partial charge >= 0.3 is 0 Å². The molecule has 108 valence electrons. The normalized spacial score (nSPS) is 10.6. The zero-order valence-corrected chi connectivity index (χ0v) is 12.0. The molecule has 1 aromatic heterocycles. The molecule has 0 spiro atoms. The van der Waals surface area contributed by atoms with E-state index in [1.807, 2.05) is 32.2 Å². The van der Waals surface area contributed by atoms with Gasteiger partial charge in [-0.1, -0.05) is 18.1 Å². The van der Waals surface area contributed by atoms with Crippen molar-refractivity contribution in [1.29, 1.82) is 0 Å². The van der Waals surface area contributed by atoms with Crippen molar-refractivity contribution in [3.63, 3.8) is 0 Å². The van der Waals surface area contributed by atoms with Crippen LogP contribution in [0.5, 0.6) is 11.5 Å². The number of methoxy groups -OCH3 is 1. The van der Waals surface area contributed by atoms with Crippen molar-refractivity contribution in [2.24, 2.45) is 0 Å². The minimum absolute atomic E-state index is 0.271. The summed E-state index contributed by atoms with van der Waals surface area (Å²) in [7, 11) is 3.52. The highest BCUT2D eigenvalue weighted by atomic mass is 16.5. The highest BCUT2D eigenvalue weighted by Crippen LogP contribution is 2.25. The van der Waals surface area contributed by atoms with E-state index in [9.17, 15) is 0 Å². The smallest absolute Gasteiger partial charge is 0.226 e. The fourth-order valence-corrected chi connectivity index (χ4v) is 1.77. The van der Waals surface area contributed by atoms with E-state index < -0.39 is 0 Å². The molecule has 0 saturated heterocycles. The van der Waals surface area contributed by atoms with Gasteiger partial charge in [0.25, 0.3) is 0 Å². The van der Waals surface area contributed by atoms with Crippen LogP contribution >= 0.6 is 0 Å². The first-order valence-corrected chi connectivity index (χ1v) is 6.52. The lowest BCUT2D eigenvalue weighted by Crippen LogP contribution is -2.08. The van der Waals surface area contributed by atoms with Crippen molar-refractivity contribution in [2.75, 3.05) is 14.2 Å². The number of rotatable bonds is 7.